The van der Waals surface area contributed by atoms with Gasteiger partial charge in [-0.05, 0) is 50.3 Å². The Morgan fingerprint density at radius 1 is 1.24 bits per heavy atom. The van der Waals surface area contributed by atoms with Crippen molar-refractivity contribution in [3.8, 4) is 5.88 Å². The molecule has 118 valence electrons. The van der Waals surface area contributed by atoms with Crippen LogP contribution in [0, 0.1) is 5.41 Å². The Kier molecular flexibility index (Phi) is 4.68. The van der Waals surface area contributed by atoms with Crippen LogP contribution in [-0.4, -0.2) is 24.2 Å². The third-order valence-electron chi connectivity index (χ3n) is 4.34. The first-order valence-electron chi connectivity index (χ1n) is 6.88. The molecule has 1 spiro atoms. The molecule has 1 aliphatic heterocycles. The lowest BCUT2D eigenvalue weighted by molar-refractivity contribution is -0.137. The predicted molar refractivity (Wildman–Crippen MR) is 74.7 cm³/mol. The first-order valence-corrected chi connectivity index (χ1v) is 6.88. The third-order valence-corrected chi connectivity index (χ3v) is 4.34. The highest BCUT2D eigenvalue weighted by Crippen LogP contribution is 2.49. The summed E-state index contributed by atoms with van der Waals surface area (Å²) in [5.74, 6) is 0.0774. The lowest BCUT2D eigenvalue weighted by atomic mass is 9.62. The summed E-state index contributed by atoms with van der Waals surface area (Å²) in [6, 6.07) is 1.94. The van der Waals surface area contributed by atoms with Gasteiger partial charge in [-0.2, -0.15) is 13.2 Å². The Morgan fingerprint density at radius 3 is 2.52 bits per heavy atom. The average Bonchev–Trinajstić information content (AvgIpc) is 2.37. The predicted octanol–water partition coefficient (Wildman–Crippen LogP) is 3.43. The van der Waals surface area contributed by atoms with E-state index >= 15 is 0 Å². The molecule has 1 saturated carbocycles. The van der Waals surface area contributed by atoms with E-state index in [0.29, 0.717) is 5.41 Å². The Morgan fingerprint density at radius 2 is 1.90 bits per heavy atom. The minimum absolute atomic E-state index is 0. The molecule has 0 atom stereocenters. The number of hydrogen-bond acceptors (Lipinski definition) is 3. The maximum atomic E-state index is 12.6. The fourth-order valence-corrected chi connectivity index (χ4v) is 3.18. The van der Waals surface area contributed by atoms with Crippen molar-refractivity contribution in [3.63, 3.8) is 0 Å². The third kappa shape index (κ3) is 3.61. The molecule has 3 rings (SSSR count). The normalized spacial score (nSPS) is 21.5. The lowest BCUT2D eigenvalue weighted by Crippen LogP contribution is -2.49. The second-order valence-corrected chi connectivity index (χ2v) is 5.78. The Bertz CT molecular complexity index is 481. The van der Waals surface area contributed by atoms with Crippen molar-refractivity contribution in [1.29, 1.82) is 0 Å². The Hall–Kier alpha value is -1.01. The lowest BCUT2D eigenvalue weighted by Gasteiger charge is -2.49. The van der Waals surface area contributed by atoms with Crippen LogP contribution < -0.4 is 10.1 Å². The van der Waals surface area contributed by atoms with Gasteiger partial charge in [0.15, 0.2) is 0 Å². The van der Waals surface area contributed by atoms with E-state index in [0.717, 1.165) is 57.1 Å². The highest BCUT2D eigenvalue weighted by atomic mass is 35.5. The van der Waals surface area contributed by atoms with Crippen LogP contribution in [0.3, 0.4) is 0 Å². The molecule has 21 heavy (non-hydrogen) atoms. The summed E-state index contributed by atoms with van der Waals surface area (Å²) in [7, 11) is 0. The first-order chi connectivity index (χ1) is 9.47. The van der Waals surface area contributed by atoms with Gasteiger partial charge >= 0.3 is 6.18 Å². The molecule has 0 amide bonds. The van der Waals surface area contributed by atoms with E-state index < -0.39 is 11.7 Å². The standard InChI is InChI=1S/C14H17F3N2O.ClH/c15-14(16,17)10-1-4-19-12(7-10)20-11-8-13(9-11)2-5-18-6-3-13;/h1,4,7,11,18H,2-3,5-6,8-9H2;1H. The van der Waals surface area contributed by atoms with E-state index in [4.69, 9.17) is 4.74 Å². The molecule has 0 bridgehead atoms. The van der Waals surface area contributed by atoms with Gasteiger partial charge in [-0.3, -0.25) is 0 Å². The van der Waals surface area contributed by atoms with Crippen molar-refractivity contribution in [3.05, 3.63) is 23.9 Å². The quantitative estimate of drug-likeness (QED) is 0.905. The molecule has 2 fully saturated rings. The molecule has 0 unspecified atom stereocenters. The van der Waals surface area contributed by atoms with Crippen molar-refractivity contribution in [1.82, 2.24) is 10.3 Å². The number of pyridine rings is 1. The second-order valence-electron chi connectivity index (χ2n) is 5.78. The van der Waals surface area contributed by atoms with Crippen molar-refractivity contribution < 1.29 is 17.9 Å². The maximum absolute atomic E-state index is 12.6. The molecule has 1 saturated heterocycles. The molecule has 2 aliphatic rings. The topological polar surface area (TPSA) is 34.1 Å². The number of alkyl halides is 3. The van der Waals surface area contributed by atoms with Gasteiger partial charge in [-0.25, -0.2) is 4.98 Å². The highest BCUT2D eigenvalue weighted by molar-refractivity contribution is 5.85. The molecule has 2 heterocycles. The van der Waals surface area contributed by atoms with E-state index in [-0.39, 0.29) is 24.4 Å². The molecule has 1 aliphatic carbocycles. The van der Waals surface area contributed by atoms with Crippen LogP contribution in [0.1, 0.15) is 31.2 Å². The summed E-state index contributed by atoms with van der Waals surface area (Å²) in [5.41, 5.74) is -0.365. The Labute approximate surface area is 127 Å². The van der Waals surface area contributed by atoms with Crippen LogP contribution in [-0.2, 0) is 6.18 Å². The van der Waals surface area contributed by atoms with Crippen LogP contribution in [0.15, 0.2) is 18.3 Å². The van der Waals surface area contributed by atoms with Crippen LogP contribution in [0.2, 0.25) is 0 Å². The largest absolute Gasteiger partial charge is 0.474 e. The Balaban J connectivity index is 0.00000161. The molecule has 7 heteroatoms. The summed E-state index contributed by atoms with van der Waals surface area (Å²) in [6.07, 6.45) is 0.906. The molecule has 1 N–H and O–H groups in total. The van der Waals surface area contributed by atoms with Crippen molar-refractivity contribution in [2.45, 2.75) is 38.0 Å². The average molecular weight is 323 g/mol. The van der Waals surface area contributed by atoms with Crippen LogP contribution in [0.5, 0.6) is 5.88 Å². The van der Waals surface area contributed by atoms with Crippen LogP contribution >= 0.6 is 12.4 Å². The second kappa shape index (κ2) is 6.01. The van der Waals surface area contributed by atoms with Crippen LogP contribution in [0.4, 0.5) is 13.2 Å². The summed E-state index contributed by atoms with van der Waals surface area (Å²) in [4.78, 5) is 3.87. The number of aromatic nitrogens is 1. The zero-order valence-corrected chi connectivity index (χ0v) is 12.3. The van der Waals surface area contributed by atoms with Crippen molar-refractivity contribution >= 4 is 12.4 Å². The van der Waals surface area contributed by atoms with Gasteiger partial charge in [0.2, 0.25) is 5.88 Å². The molecule has 3 nitrogen and oxygen atoms in total. The summed E-state index contributed by atoms with van der Waals surface area (Å²) >= 11 is 0. The number of nitrogens with zero attached hydrogens (tertiary/aromatic N) is 1. The summed E-state index contributed by atoms with van der Waals surface area (Å²) < 4.78 is 43.4. The van der Waals surface area contributed by atoms with Crippen LogP contribution in [0.25, 0.3) is 0 Å². The highest BCUT2D eigenvalue weighted by Gasteiger charge is 2.46. The van der Waals surface area contributed by atoms with Gasteiger partial charge in [-0.1, -0.05) is 0 Å². The number of hydrogen-bond donors (Lipinski definition) is 1. The van der Waals surface area contributed by atoms with Gasteiger partial charge in [0.1, 0.15) is 6.10 Å². The minimum atomic E-state index is -4.35. The molecule has 1 aromatic rings. The van der Waals surface area contributed by atoms with Crippen molar-refractivity contribution in [2.24, 2.45) is 5.41 Å². The maximum Gasteiger partial charge on any atom is 0.416 e. The number of ether oxygens (including phenoxy) is 1. The molecule has 0 radical (unpaired) electrons. The first kappa shape index (κ1) is 16.4. The van der Waals surface area contributed by atoms with E-state index in [2.05, 4.69) is 10.3 Å². The summed E-state index contributed by atoms with van der Waals surface area (Å²) in [6.45, 7) is 2.04. The number of nitrogens with one attached hydrogen (secondary N) is 1. The number of halogens is 4. The van der Waals surface area contributed by atoms with Crippen molar-refractivity contribution in [2.75, 3.05) is 13.1 Å². The van der Waals surface area contributed by atoms with E-state index in [1.165, 1.54) is 0 Å². The van der Waals surface area contributed by atoms with E-state index in [1.807, 2.05) is 0 Å². The monoisotopic (exact) mass is 322 g/mol. The molecular formula is C14H18ClF3N2O. The molecule has 1 aromatic heterocycles. The zero-order valence-electron chi connectivity index (χ0n) is 11.4. The minimum Gasteiger partial charge on any atom is -0.474 e. The van der Waals surface area contributed by atoms with Gasteiger partial charge in [0, 0.05) is 12.3 Å². The SMILES string of the molecule is Cl.FC(F)(F)c1ccnc(OC2CC3(CCNCC3)C2)c1. The molecule has 0 aromatic carbocycles. The van der Waals surface area contributed by atoms with Gasteiger partial charge in [0.05, 0.1) is 5.56 Å². The smallest absolute Gasteiger partial charge is 0.416 e. The summed E-state index contributed by atoms with van der Waals surface area (Å²) in [5, 5.41) is 3.32. The fraction of sp³-hybridized carbons (Fsp3) is 0.643. The molecular weight excluding hydrogens is 305 g/mol. The zero-order chi connectivity index (χ0) is 14.2. The fourth-order valence-electron chi connectivity index (χ4n) is 3.18. The number of piperidine rings is 1. The number of rotatable bonds is 2. The van der Waals surface area contributed by atoms with E-state index in [9.17, 15) is 13.2 Å². The van der Waals surface area contributed by atoms with Gasteiger partial charge in [0.25, 0.3) is 0 Å². The van der Waals surface area contributed by atoms with Gasteiger partial charge in [-0.15, -0.1) is 12.4 Å². The van der Waals surface area contributed by atoms with E-state index in [1.54, 1.807) is 0 Å². The van der Waals surface area contributed by atoms with Gasteiger partial charge < -0.3 is 10.1 Å².